The van der Waals surface area contributed by atoms with Crippen molar-refractivity contribution in [1.82, 2.24) is 9.80 Å². The summed E-state index contributed by atoms with van der Waals surface area (Å²) < 4.78 is 0. The lowest BCUT2D eigenvalue weighted by Crippen LogP contribution is -2.42. The molecule has 3 aliphatic rings. The highest BCUT2D eigenvalue weighted by molar-refractivity contribution is 4.92. The third-order valence-electron chi connectivity index (χ3n) is 6.32. The quantitative estimate of drug-likeness (QED) is 0.863. The summed E-state index contributed by atoms with van der Waals surface area (Å²) in [4.78, 5) is 5.29. The maximum atomic E-state index is 10.5. The van der Waals surface area contributed by atoms with Gasteiger partial charge in [-0.1, -0.05) is 13.8 Å². The number of hydrogen-bond donors (Lipinski definition) is 1. The molecule has 3 rings (SSSR count). The van der Waals surface area contributed by atoms with Crippen molar-refractivity contribution in [1.29, 1.82) is 0 Å². The van der Waals surface area contributed by atoms with Crippen LogP contribution in [0.15, 0.2) is 0 Å². The standard InChI is InChI=1S/C18H34N2O/c1-18(2)8-5-16(17(18)21)14-20-11-6-15(7-12-20)13-19-9-3-4-10-19/h15-17,21H,3-14H2,1-2H3. The predicted molar refractivity (Wildman–Crippen MR) is 87.3 cm³/mol. The Morgan fingerprint density at radius 2 is 1.52 bits per heavy atom. The Labute approximate surface area is 130 Å². The normalized spacial score (nSPS) is 35.6. The highest BCUT2D eigenvalue weighted by atomic mass is 16.3. The fourth-order valence-corrected chi connectivity index (χ4v) is 4.71. The Bertz CT molecular complexity index is 330. The number of hydrogen-bond acceptors (Lipinski definition) is 3. The Hall–Kier alpha value is -0.120. The first-order valence-corrected chi connectivity index (χ1v) is 9.17. The molecule has 0 amide bonds. The molecule has 2 atom stereocenters. The second kappa shape index (κ2) is 6.55. The monoisotopic (exact) mass is 294 g/mol. The van der Waals surface area contributed by atoms with Crippen LogP contribution in [0.5, 0.6) is 0 Å². The van der Waals surface area contributed by atoms with Crippen molar-refractivity contribution in [3.05, 3.63) is 0 Å². The van der Waals surface area contributed by atoms with Crippen molar-refractivity contribution in [2.75, 3.05) is 39.3 Å². The lowest BCUT2D eigenvalue weighted by atomic mass is 9.87. The number of aliphatic hydroxyl groups is 1. The highest BCUT2D eigenvalue weighted by Gasteiger charge is 2.41. The first kappa shape index (κ1) is 15.8. The van der Waals surface area contributed by atoms with Crippen LogP contribution in [0.2, 0.25) is 0 Å². The highest BCUT2D eigenvalue weighted by Crippen LogP contribution is 2.41. The van der Waals surface area contributed by atoms with E-state index in [0.29, 0.717) is 5.92 Å². The van der Waals surface area contributed by atoms with E-state index in [2.05, 4.69) is 23.6 Å². The van der Waals surface area contributed by atoms with Gasteiger partial charge in [-0.25, -0.2) is 0 Å². The average molecular weight is 294 g/mol. The summed E-state index contributed by atoms with van der Waals surface area (Å²) in [6, 6.07) is 0. The molecule has 0 aromatic carbocycles. The van der Waals surface area contributed by atoms with Gasteiger partial charge in [0.15, 0.2) is 0 Å². The maximum Gasteiger partial charge on any atom is 0.0631 e. The molecule has 2 saturated heterocycles. The summed E-state index contributed by atoms with van der Waals surface area (Å²) in [5.41, 5.74) is 0.138. The summed E-state index contributed by atoms with van der Waals surface area (Å²) in [7, 11) is 0. The van der Waals surface area contributed by atoms with Gasteiger partial charge >= 0.3 is 0 Å². The molecule has 2 unspecified atom stereocenters. The minimum Gasteiger partial charge on any atom is -0.392 e. The van der Waals surface area contributed by atoms with Crippen LogP contribution in [0, 0.1) is 17.3 Å². The van der Waals surface area contributed by atoms with Gasteiger partial charge in [0.25, 0.3) is 0 Å². The summed E-state index contributed by atoms with van der Waals surface area (Å²) in [6.45, 7) is 12.1. The van der Waals surface area contributed by atoms with E-state index in [0.717, 1.165) is 12.5 Å². The van der Waals surface area contributed by atoms with Gasteiger partial charge in [0.1, 0.15) is 0 Å². The van der Waals surface area contributed by atoms with Crippen LogP contribution in [0.3, 0.4) is 0 Å². The first-order chi connectivity index (χ1) is 10.0. The predicted octanol–water partition coefficient (Wildman–Crippen LogP) is 2.59. The molecule has 0 aromatic heterocycles. The van der Waals surface area contributed by atoms with Crippen LogP contribution in [0.25, 0.3) is 0 Å². The molecular formula is C18H34N2O. The zero-order valence-electron chi connectivity index (χ0n) is 14.1. The van der Waals surface area contributed by atoms with Gasteiger partial charge in [0.2, 0.25) is 0 Å². The Balaban J connectivity index is 1.39. The molecule has 1 N–H and O–H groups in total. The van der Waals surface area contributed by atoms with E-state index in [1.54, 1.807) is 0 Å². The molecule has 2 aliphatic heterocycles. The molecule has 1 aliphatic carbocycles. The molecule has 0 radical (unpaired) electrons. The maximum absolute atomic E-state index is 10.5. The second-order valence-corrected chi connectivity index (χ2v) is 8.48. The van der Waals surface area contributed by atoms with E-state index >= 15 is 0 Å². The number of rotatable bonds is 4. The van der Waals surface area contributed by atoms with Gasteiger partial charge in [0, 0.05) is 13.1 Å². The molecule has 3 fully saturated rings. The molecule has 21 heavy (non-hydrogen) atoms. The lowest BCUT2D eigenvalue weighted by molar-refractivity contribution is 0.0268. The van der Waals surface area contributed by atoms with E-state index in [9.17, 15) is 5.11 Å². The van der Waals surface area contributed by atoms with Crippen LogP contribution >= 0.6 is 0 Å². The molecule has 3 heteroatoms. The zero-order valence-corrected chi connectivity index (χ0v) is 14.1. The van der Waals surface area contributed by atoms with Crippen molar-refractivity contribution in [2.45, 2.75) is 58.5 Å². The SMILES string of the molecule is CC1(C)CCC(CN2CCC(CN3CCCC3)CC2)C1O. The summed E-state index contributed by atoms with van der Waals surface area (Å²) in [6.07, 6.45) is 7.85. The van der Waals surface area contributed by atoms with Crippen LogP contribution in [-0.4, -0.2) is 60.3 Å². The number of piperidine rings is 1. The molecule has 1 saturated carbocycles. The summed E-state index contributed by atoms with van der Waals surface area (Å²) >= 11 is 0. The molecule has 3 nitrogen and oxygen atoms in total. The Kier molecular flexibility index (Phi) is 4.92. The Morgan fingerprint density at radius 1 is 0.905 bits per heavy atom. The summed E-state index contributed by atoms with van der Waals surface area (Å²) in [5, 5.41) is 10.5. The van der Waals surface area contributed by atoms with Crippen LogP contribution in [-0.2, 0) is 0 Å². The van der Waals surface area contributed by atoms with Crippen LogP contribution in [0.4, 0.5) is 0 Å². The van der Waals surface area contributed by atoms with Crippen molar-refractivity contribution >= 4 is 0 Å². The molecular weight excluding hydrogens is 260 g/mol. The first-order valence-electron chi connectivity index (χ1n) is 9.17. The Morgan fingerprint density at radius 3 is 2.10 bits per heavy atom. The van der Waals surface area contributed by atoms with E-state index in [4.69, 9.17) is 0 Å². The molecule has 122 valence electrons. The van der Waals surface area contributed by atoms with E-state index in [-0.39, 0.29) is 11.5 Å². The van der Waals surface area contributed by atoms with Gasteiger partial charge in [-0.05, 0) is 82.0 Å². The lowest BCUT2D eigenvalue weighted by Gasteiger charge is -2.36. The van der Waals surface area contributed by atoms with Gasteiger partial charge in [0.05, 0.1) is 6.10 Å². The van der Waals surface area contributed by atoms with Crippen molar-refractivity contribution in [2.24, 2.45) is 17.3 Å². The molecule has 2 heterocycles. The van der Waals surface area contributed by atoms with Gasteiger partial charge in [-0.3, -0.25) is 0 Å². The average Bonchev–Trinajstić information content (AvgIpc) is 3.05. The number of aliphatic hydroxyl groups excluding tert-OH is 1. The molecule has 0 bridgehead atoms. The number of nitrogens with zero attached hydrogens (tertiary/aromatic N) is 2. The third kappa shape index (κ3) is 3.80. The molecule has 0 spiro atoms. The van der Waals surface area contributed by atoms with Gasteiger partial charge in [-0.15, -0.1) is 0 Å². The smallest absolute Gasteiger partial charge is 0.0631 e. The minimum absolute atomic E-state index is 0.0974. The topological polar surface area (TPSA) is 26.7 Å². The fraction of sp³-hybridized carbons (Fsp3) is 1.00. The minimum atomic E-state index is -0.0974. The van der Waals surface area contributed by atoms with Crippen LogP contribution < -0.4 is 0 Å². The van der Waals surface area contributed by atoms with E-state index in [1.807, 2.05) is 0 Å². The van der Waals surface area contributed by atoms with Gasteiger partial charge in [-0.2, -0.15) is 0 Å². The van der Waals surface area contributed by atoms with Crippen molar-refractivity contribution in [3.8, 4) is 0 Å². The van der Waals surface area contributed by atoms with Crippen molar-refractivity contribution < 1.29 is 5.11 Å². The van der Waals surface area contributed by atoms with Crippen molar-refractivity contribution in [3.63, 3.8) is 0 Å². The summed E-state index contributed by atoms with van der Waals surface area (Å²) in [5.74, 6) is 1.43. The zero-order chi connectivity index (χ0) is 14.9. The van der Waals surface area contributed by atoms with E-state index in [1.165, 1.54) is 71.2 Å². The van der Waals surface area contributed by atoms with Crippen LogP contribution in [0.1, 0.15) is 52.4 Å². The van der Waals surface area contributed by atoms with E-state index < -0.39 is 0 Å². The van der Waals surface area contributed by atoms with Gasteiger partial charge < -0.3 is 14.9 Å². The fourth-order valence-electron chi connectivity index (χ4n) is 4.71. The largest absolute Gasteiger partial charge is 0.392 e. The number of likely N-dealkylation sites (tertiary alicyclic amines) is 2. The molecule has 0 aromatic rings. The third-order valence-corrected chi connectivity index (χ3v) is 6.32. The second-order valence-electron chi connectivity index (χ2n) is 8.48.